The lowest BCUT2D eigenvalue weighted by molar-refractivity contribution is 0.156. The maximum atomic E-state index is 8.79. The van der Waals surface area contributed by atoms with Crippen molar-refractivity contribution in [3.63, 3.8) is 0 Å². The molecule has 1 rings (SSSR count). The Kier molecular flexibility index (Phi) is 3.12. The summed E-state index contributed by atoms with van der Waals surface area (Å²) in [5, 5.41) is 8.79. The van der Waals surface area contributed by atoms with E-state index in [9.17, 15) is 0 Å². The van der Waals surface area contributed by atoms with Crippen LogP contribution in [0.1, 0.15) is 0 Å². The second-order valence-electron chi connectivity index (χ2n) is 2.54. The molecule has 1 aliphatic rings. The van der Waals surface area contributed by atoms with Crippen molar-refractivity contribution < 1.29 is 9.84 Å². The number of thioether (sulfide) groups is 1. The number of nitrogens with zero attached hydrogens (tertiary/aromatic N) is 1. The van der Waals surface area contributed by atoms with Crippen LogP contribution in [-0.2, 0) is 4.74 Å². The number of thiocarbonyl (C=S) groups is 1. The summed E-state index contributed by atoms with van der Waals surface area (Å²) in [6.07, 6.45) is -0.551. The molecule has 0 amide bonds. The average molecular weight is 193 g/mol. The Balaban J connectivity index is 2.07. The second kappa shape index (κ2) is 3.71. The van der Waals surface area contributed by atoms with Gasteiger partial charge in [-0.1, -0.05) is 24.0 Å². The van der Waals surface area contributed by atoms with Crippen molar-refractivity contribution in [2.24, 2.45) is 0 Å². The van der Waals surface area contributed by atoms with E-state index in [1.54, 1.807) is 0 Å². The summed E-state index contributed by atoms with van der Waals surface area (Å²) in [4.78, 5) is 1.87. The number of ether oxygens (including phenoxy) is 1. The van der Waals surface area contributed by atoms with Gasteiger partial charge in [0.2, 0.25) is 0 Å². The first-order valence-electron chi connectivity index (χ1n) is 3.29. The first-order valence-corrected chi connectivity index (χ1v) is 4.68. The first kappa shape index (κ1) is 9.25. The zero-order chi connectivity index (χ0) is 8.43. The minimum Gasteiger partial charge on any atom is -0.366 e. The number of epoxide rings is 1. The number of aliphatic hydroxyl groups excluding tert-OH is 1. The molecule has 3 nitrogen and oxygen atoms in total. The van der Waals surface area contributed by atoms with Gasteiger partial charge in [-0.2, -0.15) is 0 Å². The van der Waals surface area contributed by atoms with Gasteiger partial charge in [0.15, 0.2) is 6.29 Å². The van der Waals surface area contributed by atoms with Gasteiger partial charge in [0.25, 0.3) is 0 Å². The summed E-state index contributed by atoms with van der Waals surface area (Å²) in [6.45, 7) is 0. The lowest BCUT2D eigenvalue weighted by Gasteiger charge is -2.11. The third-order valence-electron chi connectivity index (χ3n) is 1.29. The molecular weight excluding hydrogens is 182 g/mol. The highest BCUT2D eigenvalue weighted by molar-refractivity contribution is 8.22. The molecule has 0 aromatic carbocycles. The van der Waals surface area contributed by atoms with E-state index in [4.69, 9.17) is 22.1 Å². The van der Waals surface area contributed by atoms with Crippen LogP contribution in [0.2, 0.25) is 0 Å². The van der Waals surface area contributed by atoms with Crippen molar-refractivity contribution in [2.75, 3.05) is 19.8 Å². The number of hydrogen-bond acceptors (Lipinski definition) is 4. The molecule has 5 heteroatoms. The fourth-order valence-corrected chi connectivity index (χ4v) is 1.55. The SMILES string of the molecule is CN(C)C(=S)SCC1OC1O. The van der Waals surface area contributed by atoms with Gasteiger partial charge < -0.3 is 14.7 Å². The van der Waals surface area contributed by atoms with Crippen LogP contribution < -0.4 is 0 Å². The van der Waals surface area contributed by atoms with E-state index in [2.05, 4.69) is 0 Å². The van der Waals surface area contributed by atoms with Crippen LogP contribution in [0, 0.1) is 0 Å². The standard InChI is InChI=1S/C6H11NO2S2/c1-7(2)6(10)11-3-4-5(8)9-4/h4-5,8H,3H2,1-2H3. The van der Waals surface area contributed by atoms with Crippen molar-refractivity contribution in [3.8, 4) is 0 Å². The van der Waals surface area contributed by atoms with Crippen LogP contribution >= 0.6 is 24.0 Å². The maximum Gasteiger partial charge on any atom is 0.182 e. The maximum absolute atomic E-state index is 8.79. The highest BCUT2D eigenvalue weighted by Gasteiger charge is 2.36. The Labute approximate surface area is 75.7 Å². The molecule has 11 heavy (non-hydrogen) atoms. The molecule has 1 aliphatic heterocycles. The average Bonchev–Trinajstić information content (AvgIpc) is 2.61. The topological polar surface area (TPSA) is 36.0 Å². The first-order chi connectivity index (χ1) is 5.11. The normalized spacial score (nSPS) is 28.3. The summed E-state index contributed by atoms with van der Waals surface area (Å²) in [7, 11) is 3.80. The van der Waals surface area contributed by atoms with Crippen molar-refractivity contribution in [1.82, 2.24) is 4.90 Å². The van der Waals surface area contributed by atoms with E-state index in [-0.39, 0.29) is 6.10 Å². The quantitative estimate of drug-likeness (QED) is 0.503. The van der Waals surface area contributed by atoms with Gasteiger partial charge in [0.1, 0.15) is 10.4 Å². The van der Waals surface area contributed by atoms with Gasteiger partial charge in [-0.15, -0.1) is 0 Å². The fraction of sp³-hybridized carbons (Fsp3) is 0.833. The molecule has 0 spiro atoms. The lowest BCUT2D eigenvalue weighted by Crippen LogP contribution is -2.17. The highest BCUT2D eigenvalue weighted by atomic mass is 32.2. The lowest BCUT2D eigenvalue weighted by atomic mass is 10.5. The molecule has 0 aromatic rings. The summed E-state index contributed by atoms with van der Waals surface area (Å²) in [5.41, 5.74) is 0. The minimum atomic E-state index is -0.549. The fourth-order valence-electron chi connectivity index (χ4n) is 0.538. The molecule has 1 saturated heterocycles. The van der Waals surface area contributed by atoms with Gasteiger partial charge >= 0.3 is 0 Å². The smallest absolute Gasteiger partial charge is 0.182 e. The van der Waals surface area contributed by atoms with Crippen LogP contribution in [0.3, 0.4) is 0 Å². The zero-order valence-electron chi connectivity index (χ0n) is 6.48. The molecule has 0 aromatic heterocycles. The molecule has 0 saturated carbocycles. The zero-order valence-corrected chi connectivity index (χ0v) is 8.11. The van der Waals surface area contributed by atoms with E-state index in [0.29, 0.717) is 0 Å². The Morgan fingerprint density at radius 1 is 1.73 bits per heavy atom. The molecule has 1 N–H and O–H groups in total. The van der Waals surface area contributed by atoms with Gasteiger partial charge in [-0.3, -0.25) is 0 Å². The molecular formula is C6H11NO2S2. The molecule has 64 valence electrons. The Hall–Kier alpha value is 0.160. The Bertz CT molecular complexity index is 163. The summed E-state index contributed by atoms with van der Waals surface area (Å²) < 4.78 is 5.63. The highest BCUT2D eigenvalue weighted by Crippen LogP contribution is 2.24. The van der Waals surface area contributed by atoms with Crippen molar-refractivity contribution >= 4 is 28.3 Å². The number of hydrogen-bond donors (Lipinski definition) is 1. The largest absolute Gasteiger partial charge is 0.366 e. The monoisotopic (exact) mass is 193 g/mol. The molecule has 0 aliphatic carbocycles. The Morgan fingerprint density at radius 3 is 2.64 bits per heavy atom. The van der Waals surface area contributed by atoms with Crippen molar-refractivity contribution in [3.05, 3.63) is 0 Å². The molecule has 2 atom stereocenters. The van der Waals surface area contributed by atoms with E-state index >= 15 is 0 Å². The van der Waals surface area contributed by atoms with Crippen LogP contribution in [0.25, 0.3) is 0 Å². The molecule has 1 fully saturated rings. The third-order valence-corrected chi connectivity index (χ3v) is 3.12. The third kappa shape index (κ3) is 2.94. The Morgan fingerprint density at radius 2 is 2.27 bits per heavy atom. The molecule has 0 bridgehead atoms. The van der Waals surface area contributed by atoms with Crippen molar-refractivity contribution in [1.29, 1.82) is 0 Å². The van der Waals surface area contributed by atoms with Gasteiger partial charge in [-0.25, -0.2) is 0 Å². The van der Waals surface area contributed by atoms with Crippen molar-refractivity contribution in [2.45, 2.75) is 12.4 Å². The van der Waals surface area contributed by atoms with E-state index in [1.165, 1.54) is 11.8 Å². The summed E-state index contributed by atoms with van der Waals surface area (Å²) >= 11 is 6.55. The van der Waals surface area contributed by atoms with E-state index < -0.39 is 6.29 Å². The molecule has 2 unspecified atom stereocenters. The predicted molar refractivity (Wildman–Crippen MR) is 49.6 cm³/mol. The van der Waals surface area contributed by atoms with Gasteiger partial charge in [0, 0.05) is 19.8 Å². The van der Waals surface area contributed by atoms with Crippen LogP contribution in [0.15, 0.2) is 0 Å². The second-order valence-corrected chi connectivity index (χ2v) is 4.19. The van der Waals surface area contributed by atoms with Crippen LogP contribution in [0.5, 0.6) is 0 Å². The summed E-state index contributed by atoms with van der Waals surface area (Å²) in [6, 6.07) is 0. The van der Waals surface area contributed by atoms with E-state index in [1.807, 2.05) is 19.0 Å². The van der Waals surface area contributed by atoms with E-state index in [0.717, 1.165) is 10.1 Å². The van der Waals surface area contributed by atoms with Gasteiger partial charge in [-0.05, 0) is 0 Å². The molecule has 0 radical (unpaired) electrons. The van der Waals surface area contributed by atoms with Crippen LogP contribution in [0.4, 0.5) is 0 Å². The minimum absolute atomic E-state index is 0.00194. The van der Waals surface area contributed by atoms with Gasteiger partial charge in [0.05, 0.1) is 0 Å². The number of aliphatic hydroxyl groups is 1. The number of rotatable bonds is 2. The van der Waals surface area contributed by atoms with Crippen LogP contribution in [-0.4, -0.2) is 46.6 Å². The summed E-state index contributed by atoms with van der Waals surface area (Å²) in [5.74, 6) is 0.748. The predicted octanol–water partition coefficient (Wildman–Crippen LogP) is 0.283. The molecule has 1 heterocycles.